The standard InChI is InChI=1S/C14H15P.C6H6O3S.Li/c1-11-5-3-7-13(9-11)15-14-8-4-6-12(2)10-14;7-10(8,9)6-4-2-1-3-5-6;/h3-10,15H,1-2H3;1-5H,(H,7,8,9);/q;;+1/p-1. The van der Waals surface area contributed by atoms with E-state index in [9.17, 15) is 13.0 Å². The summed E-state index contributed by atoms with van der Waals surface area (Å²) >= 11 is 0. The van der Waals surface area contributed by atoms with E-state index in [0.29, 0.717) is 0 Å². The monoisotopic (exact) mass is 378 g/mol. The zero-order valence-electron chi connectivity index (χ0n) is 15.1. The average Bonchev–Trinajstić information content (AvgIpc) is 2.56. The van der Waals surface area contributed by atoms with E-state index in [0.717, 1.165) is 8.58 Å². The summed E-state index contributed by atoms with van der Waals surface area (Å²) in [5, 5.41) is 2.83. The fourth-order valence-electron chi connectivity index (χ4n) is 2.20. The Balaban J connectivity index is 0.000000270. The van der Waals surface area contributed by atoms with Gasteiger partial charge in [-0.15, -0.1) is 0 Å². The molecule has 0 amide bonds. The van der Waals surface area contributed by atoms with Gasteiger partial charge in [-0.05, 0) is 36.6 Å². The maximum atomic E-state index is 10.3. The third kappa shape index (κ3) is 7.87. The number of hydrogen-bond donors (Lipinski definition) is 0. The van der Waals surface area contributed by atoms with E-state index in [4.69, 9.17) is 0 Å². The molecule has 0 radical (unpaired) electrons. The SMILES string of the molecule is Cc1cccc(Pc2cccc(C)c2)c1.O=S(=O)([O-])c1ccccc1.[Li+]. The van der Waals surface area contributed by atoms with Crippen molar-refractivity contribution < 1.29 is 31.8 Å². The molecule has 0 N–H and O–H groups in total. The molecule has 0 aliphatic carbocycles. The van der Waals surface area contributed by atoms with Crippen molar-refractivity contribution in [3.8, 4) is 0 Å². The van der Waals surface area contributed by atoms with Crippen LogP contribution in [0, 0.1) is 13.8 Å². The van der Waals surface area contributed by atoms with Gasteiger partial charge in [0.15, 0.2) is 0 Å². The van der Waals surface area contributed by atoms with Crippen LogP contribution in [0.5, 0.6) is 0 Å². The van der Waals surface area contributed by atoms with Gasteiger partial charge in [-0.25, -0.2) is 8.42 Å². The Kier molecular flexibility index (Phi) is 9.29. The van der Waals surface area contributed by atoms with Gasteiger partial charge in [0.1, 0.15) is 10.1 Å². The third-order valence-electron chi connectivity index (χ3n) is 3.36. The molecule has 0 atom stereocenters. The molecular weight excluding hydrogens is 358 g/mol. The second-order valence-corrected chi connectivity index (χ2v) is 8.42. The second-order valence-electron chi connectivity index (χ2n) is 5.63. The van der Waals surface area contributed by atoms with Gasteiger partial charge < -0.3 is 4.55 Å². The van der Waals surface area contributed by atoms with E-state index in [1.165, 1.54) is 46.0 Å². The predicted molar refractivity (Wildman–Crippen MR) is 104 cm³/mol. The van der Waals surface area contributed by atoms with Crippen molar-refractivity contribution in [2.45, 2.75) is 18.7 Å². The molecule has 0 spiro atoms. The van der Waals surface area contributed by atoms with Crippen LogP contribution in [-0.2, 0) is 10.1 Å². The summed E-state index contributed by atoms with van der Waals surface area (Å²) in [6.45, 7) is 4.29. The zero-order chi connectivity index (χ0) is 18.3. The third-order valence-corrected chi connectivity index (χ3v) is 5.41. The first kappa shape index (κ1) is 22.6. The summed E-state index contributed by atoms with van der Waals surface area (Å²) in [6.07, 6.45) is 0. The van der Waals surface area contributed by atoms with E-state index in [-0.39, 0.29) is 23.8 Å². The Bertz CT molecular complexity index is 885. The Labute approximate surface area is 169 Å². The van der Waals surface area contributed by atoms with Crippen LogP contribution in [0.15, 0.2) is 83.8 Å². The summed E-state index contributed by atoms with van der Waals surface area (Å²) in [6, 6.07) is 24.7. The summed E-state index contributed by atoms with van der Waals surface area (Å²) in [5.41, 5.74) is 2.68. The average molecular weight is 378 g/mol. The van der Waals surface area contributed by atoms with Crippen LogP contribution in [-0.4, -0.2) is 13.0 Å². The Morgan fingerprint density at radius 3 is 1.54 bits per heavy atom. The number of benzene rings is 3. The van der Waals surface area contributed by atoms with Crippen molar-refractivity contribution in [2.24, 2.45) is 0 Å². The van der Waals surface area contributed by atoms with Gasteiger partial charge in [0, 0.05) is 0 Å². The van der Waals surface area contributed by atoms with E-state index < -0.39 is 10.1 Å². The first-order valence-corrected chi connectivity index (χ1v) is 10.2. The van der Waals surface area contributed by atoms with Gasteiger partial charge in [-0.2, -0.15) is 0 Å². The van der Waals surface area contributed by atoms with Crippen molar-refractivity contribution in [3.05, 3.63) is 90.0 Å². The minimum absolute atomic E-state index is 0. The molecule has 0 fully saturated rings. The fourth-order valence-corrected chi connectivity index (χ4v) is 3.98. The normalized spacial score (nSPS) is 10.3. The molecule has 0 unspecified atom stereocenters. The Morgan fingerprint density at radius 2 is 1.19 bits per heavy atom. The number of hydrogen-bond acceptors (Lipinski definition) is 3. The molecule has 0 aliphatic heterocycles. The maximum absolute atomic E-state index is 10.3. The molecule has 3 rings (SSSR count). The van der Waals surface area contributed by atoms with Crippen molar-refractivity contribution in [3.63, 3.8) is 0 Å². The summed E-state index contributed by atoms with van der Waals surface area (Å²) in [4.78, 5) is -0.185. The Hall–Kier alpha value is -1.40. The van der Waals surface area contributed by atoms with Gasteiger partial charge in [0.2, 0.25) is 0 Å². The van der Waals surface area contributed by atoms with Gasteiger partial charge in [-0.1, -0.05) is 86.4 Å². The minimum atomic E-state index is -4.25. The molecule has 3 nitrogen and oxygen atoms in total. The fraction of sp³-hybridized carbons (Fsp3) is 0.100. The first-order chi connectivity index (χ1) is 11.8. The van der Waals surface area contributed by atoms with Crippen LogP contribution < -0.4 is 29.5 Å². The first-order valence-electron chi connectivity index (χ1n) is 7.76. The largest absolute Gasteiger partial charge is 1.00 e. The second kappa shape index (κ2) is 10.7. The van der Waals surface area contributed by atoms with Crippen molar-refractivity contribution in [1.29, 1.82) is 0 Å². The number of aryl methyl sites for hydroxylation is 2. The summed E-state index contributed by atoms with van der Waals surface area (Å²) in [5.74, 6) is 0. The molecule has 6 heteroatoms. The van der Waals surface area contributed by atoms with Crippen LogP contribution in [0.4, 0.5) is 0 Å². The van der Waals surface area contributed by atoms with Gasteiger partial charge in [0.25, 0.3) is 0 Å². The Morgan fingerprint density at radius 1 is 0.731 bits per heavy atom. The van der Waals surface area contributed by atoms with E-state index in [1.54, 1.807) is 6.07 Å². The molecular formula is C20H20LiO3PS. The quantitative estimate of drug-likeness (QED) is 0.380. The summed E-state index contributed by atoms with van der Waals surface area (Å²) in [7, 11) is -3.48. The molecule has 0 aromatic heterocycles. The molecule has 26 heavy (non-hydrogen) atoms. The molecule has 0 heterocycles. The molecule has 0 aliphatic rings. The van der Waals surface area contributed by atoms with Crippen LogP contribution in [0.2, 0.25) is 0 Å². The molecule has 0 saturated carbocycles. The molecule has 3 aromatic carbocycles. The van der Waals surface area contributed by atoms with Gasteiger partial charge in [0.05, 0.1) is 4.90 Å². The molecule has 0 bridgehead atoms. The number of rotatable bonds is 3. The topological polar surface area (TPSA) is 57.2 Å². The smallest absolute Gasteiger partial charge is 0.744 e. The van der Waals surface area contributed by atoms with Gasteiger partial charge >= 0.3 is 18.9 Å². The summed E-state index contributed by atoms with van der Waals surface area (Å²) < 4.78 is 30.8. The minimum Gasteiger partial charge on any atom is -0.744 e. The van der Waals surface area contributed by atoms with Crippen molar-refractivity contribution >= 4 is 29.3 Å². The zero-order valence-corrected chi connectivity index (χ0v) is 17.0. The molecule has 0 saturated heterocycles. The maximum Gasteiger partial charge on any atom is 1.00 e. The molecule has 130 valence electrons. The van der Waals surface area contributed by atoms with E-state index >= 15 is 0 Å². The van der Waals surface area contributed by atoms with Crippen LogP contribution in [0.1, 0.15) is 11.1 Å². The molecule has 3 aromatic rings. The predicted octanol–water partition coefficient (Wildman–Crippen LogP) is 0.527. The van der Waals surface area contributed by atoms with Crippen LogP contribution >= 0.6 is 8.58 Å². The van der Waals surface area contributed by atoms with Gasteiger partial charge in [-0.3, -0.25) is 0 Å². The van der Waals surface area contributed by atoms with Crippen molar-refractivity contribution in [1.82, 2.24) is 0 Å². The van der Waals surface area contributed by atoms with E-state index in [2.05, 4.69) is 62.4 Å². The van der Waals surface area contributed by atoms with Crippen molar-refractivity contribution in [2.75, 3.05) is 0 Å². The van der Waals surface area contributed by atoms with Crippen LogP contribution in [0.25, 0.3) is 0 Å². The van der Waals surface area contributed by atoms with E-state index in [1.807, 2.05) is 0 Å². The van der Waals surface area contributed by atoms with Crippen LogP contribution in [0.3, 0.4) is 0 Å².